The molecule has 0 aromatic heterocycles. The van der Waals surface area contributed by atoms with Crippen LogP contribution in [-0.2, 0) is 4.79 Å². The molecule has 3 heteroatoms. The van der Waals surface area contributed by atoms with Crippen LogP contribution in [0, 0.1) is 0 Å². The molecule has 12 heavy (non-hydrogen) atoms. The molecule has 0 saturated carbocycles. The minimum Gasteiger partial charge on any atom is -0.346 e. The molecule has 1 heterocycles. The van der Waals surface area contributed by atoms with E-state index in [0.29, 0.717) is 0 Å². The van der Waals surface area contributed by atoms with Crippen LogP contribution >= 0.6 is 11.8 Å². The molecule has 0 bridgehead atoms. The van der Waals surface area contributed by atoms with Gasteiger partial charge in [-0.05, 0) is 12.8 Å². The molecule has 0 aromatic rings. The van der Waals surface area contributed by atoms with E-state index < -0.39 is 0 Å². The van der Waals surface area contributed by atoms with Crippen LogP contribution < -0.4 is 5.32 Å². The molecular formula is C9H15NOS. The lowest BCUT2D eigenvalue weighted by Gasteiger charge is -1.99. The standard InChI is InChI=1S/C9H15NOS/c1-2-3-4-5-6-8-9(11)10-7-12-8/h4-5,8H,2-3,6-7H2,1H3,(H,10,11)/b5-4+. The fourth-order valence-corrected chi connectivity index (χ4v) is 1.99. The first kappa shape index (κ1) is 9.65. The summed E-state index contributed by atoms with van der Waals surface area (Å²) in [5.74, 6) is 0.978. The molecule has 1 N–H and O–H groups in total. The molecule has 2 nitrogen and oxygen atoms in total. The van der Waals surface area contributed by atoms with Crippen LogP contribution in [0.3, 0.4) is 0 Å². The summed E-state index contributed by atoms with van der Waals surface area (Å²) in [5, 5.41) is 2.97. The smallest absolute Gasteiger partial charge is 0.234 e. The molecule has 1 unspecified atom stereocenters. The van der Waals surface area contributed by atoms with E-state index in [-0.39, 0.29) is 11.2 Å². The predicted molar refractivity (Wildman–Crippen MR) is 53.1 cm³/mol. The van der Waals surface area contributed by atoms with Crippen molar-refractivity contribution in [3.63, 3.8) is 0 Å². The average molecular weight is 185 g/mol. The Hall–Kier alpha value is -0.440. The summed E-state index contributed by atoms with van der Waals surface area (Å²) in [6, 6.07) is 0. The Morgan fingerprint density at radius 2 is 2.50 bits per heavy atom. The number of unbranched alkanes of at least 4 members (excludes halogenated alkanes) is 1. The van der Waals surface area contributed by atoms with Gasteiger partial charge in [-0.25, -0.2) is 0 Å². The minimum atomic E-state index is 0.165. The van der Waals surface area contributed by atoms with Crippen LogP contribution in [0.4, 0.5) is 0 Å². The Morgan fingerprint density at radius 3 is 3.08 bits per heavy atom. The molecule has 1 amide bonds. The molecule has 1 fully saturated rings. The predicted octanol–water partition coefficient (Wildman–Crippen LogP) is 1.92. The highest BCUT2D eigenvalue weighted by Gasteiger charge is 2.22. The SMILES string of the molecule is CCC/C=C/CC1SCNC1=O. The highest BCUT2D eigenvalue weighted by Crippen LogP contribution is 2.19. The second-order valence-corrected chi connectivity index (χ2v) is 4.03. The van der Waals surface area contributed by atoms with Crippen LogP contribution in [0.25, 0.3) is 0 Å². The van der Waals surface area contributed by atoms with Gasteiger partial charge in [0.15, 0.2) is 0 Å². The Balaban J connectivity index is 2.18. The van der Waals surface area contributed by atoms with Gasteiger partial charge in [0.1, 0.15) is 0 Å². The number of carbonyl (C=O) groups excluding carboxylic acids is 1. The van der Waals surface area contributed by atoms with Gasteiger partial charge in [-0.3, -0.25) is 4.79 Å². The Labute approximate surface area is 77.8 Å². The Morgan fingerprint density at radius 1 is 1.67 bits per heavy atom. The van der Waals surface area contributed by atoms with E-state index in [1.165, 1.54) is 6.42 Å². The van der Waals surface area contributed by atoms with Gasteiger partial charge in [0, 0.05) is 0 Å². The average Bonchev–Trinajstić information content (AvgIpc) is 2.46. The van der Waals surface area contributed by atoms with Crippen LogP contribution in [-0.4, -0.2) is 17.0 Å². The summed E-state index contributed by atoms with van der Waals surface area (Å²) in [6.45, 7) is 2.15. The lowest BCUT2D eigenvalue weighted by Crippen LogP contribution is -2.21. The van der Waals surface area contributed by atoms with E-state index in [1.807, 2.05) is 0 Å². The van der Waals surface area contributed by atoms with E-state index in [1.54, 1.807) is 11.8 Å². The minimum absolute atomic E-state index is 0.165. The summed E-state index contributed by atoms with van der Waals surface area (Å²) in [6.07, 6.45) is 7.47. The number of hydrogen-bond donors (Lipinski definition) is 1. The zero-order valence-corrected chi connectivity index (χ0v) is 8.19. The molecule has 0 radical (unpaired) electrons. The van der Waals surface area contributed by atoms with Crippen molar-refractivity contribution in [1.82, 2.24) is 5.32 Å². The van der Waals surface area contributed by atoms with Gasteiger partial charge < -0.3 is 5.32 Å². The van der Waals surface area contributed by atoms with Gasteiger partial charge >= 0.3 is 0 Å². The number of amides is 1. The molecule has 68 valence electrons. The van der Waals surface area contributed by atoms with Gasteiger partial charge in [0.25, 0.3) is 0 Å². The summed E-state index contributed by atoms with van der Waals surface area (Å²) in [4.78, 5) is 11.1. The van der Waals surface area contributed by atoms with Crippen LogP contribution in [0.1, 0.15) is 26.2 Å². The molecule has 1 saturated heterocycles. The third-order valence-corrected chi connectivity index (χ3v) is 2.92. The first-order valence-corrected chi connectivity index (χ1v) is 5.43. The molecule has 0 spiro atoms. The third-order valence-electron chi connectivity index (χ3n) is 1.80. The summed E-state index contributed by atoms with van der Waals surface area (Å²) < 4.78 is 0. The van der Waals surface area contributed by atoms with Crippen molar-refractivity contribution in [3.8, 4) is 0 Å². The van der Waals surface area contributed by atoms with Gasteiger partial charge in [-0.2, -0.15) is 0 Å². The Kier molecular flexibility index (Phi) is 4.22. The highest BCUT2D eigenvalue weighted by atomic mass is 32.2. The van der Waals surface area contributed by atoms with Gasteiger partial charge in [-0.15, -0.1) is 11.8 Å². The fourth-order valence-electron chi connectivity index (χ4n) is 1.08. The largest absolute Gasteiger partial charge is 0.346 e. The maximum Gasteiger partial charge on any atom is 0.234 e. The molecule has 1 aliphatic rings. The van der Waals surface area contributed by atoms with Gasteiger partial charge in [-0.1, -0.05) is 25.5 Å². The number of rotatable bonds is 4. The summed E-state index contributed by atoms with van der Waals surface area (Å²) in [7, 11) is 0. The molecule has 0 aromatic carbocycles. The zero-order chi connectivity index (χ0) is 8.81. The van der Waals surface area contributed by atoms with E-state index in [0.717, 1.165) is 18.7 Å². The number of nitrogens with one attached hydrogen (secondary N) is 1. The Bertz CT molecular complexity index is 179. The maximum atomic E-state index is 11.1. The summed E-state index contributed by atoms with van der Waals surface area (Å²) >= 11 is 1.70. The van der Waals surface area contributed by atoms with E-state index in [2.05, 4.69) is 24.4 Å². The van der Waals surface area contributed by atoms with Crippen molar-refractivity contribution < 1.29 is 4.79 Å². The van der Waals surface area contributed by atoms with Crippen LogP contribution in [0.2, 0.25) is 0 Å². The normalized spacial score (nSPS) is 23.4. The number of hydrogen-bond acceptors (Lipinski definition) is 2. The third kappa shape index (κ3) is 2.89. The van der Waals surface area contributed by atoms with Crippen molar-refractivity contribution in [2.45, 2.75) is 31.4 Å². The van der Waals surface area contributed by atoms with Crippen molar-refractivity contribution in [2.75, 3.05) is 5.88 Å². The van der Waals surface area contributed by atoms with E-state index in [4.69, 9.17) is 0 Å². The van der Waals surface area contributed by atoms with E-state index >= 15 is 0 Å². The van der Waals surface area contributed by atoms with Gasteiger partial charge in [0.05, 0.1) is 11.1 Å². The zero-order valence-electron chi connectivity index (χ0n) is 7.38. The lowest BCUT2D eigenvalue weighted by atomic mass is 10.2. The molecule has 1 rings (SSSR count). The first-order chi connectivity index (χ1) is 5.84. The number of thioether (sulfide) groups is 1. The monoisotopic (exact) mass is 185 g/mol. The highest BCUT2D eigenvalue weighted by molar-refractivity contribution is 8.01. The lowest BCUT2D eigenvalue weighted by molar-refractivity contribution is -0.119. The second kappa shape index (κ2) is 5.25. The van der Waals surface area contributed by atoms with Crippen LogP contribution in [0.15, 0.2) is 12.2 Å². The van der Waals surface area contributed by atoms with E-state index in [9.17, 15) is 4.79 Å². The number of carbonyl (C=O) groups is 1. The fraction of sp³-hybridized carbons (Fsp3) is 0.667. The topological polar surface area (TPSA) is 29.1 Å². The molecule has 1 atom stereocenters. The second-order valence-electron chi connectivity index (χ2n) is 2.84. The van der Waals surface area contributed by atoms with Crippen molar-refractivity contribution in [3.05, 3.63) is 12.2 Å². The van der Waals surface area contributed by atoms with Crippen molar-refractivity contribution in [2.24, 2.45) is 0 Å². The molecule has 1 aliphatic heterocycles. The number of allylic oxidation sites excluding steroid dienone is 2. The van der Waals surface area contributed by atoms with Crippen LogP contribution in [0.5, 0.6) is 0 Å². The molecule has 0 aliphatic carbocycles. The maximum absolute atomic E-state index is 11.1. The quantitative estimate of drug-likeness (QED) is 0.678. The van der Waals surface area contributed by atoms with Crippen molar-refractivity contribution in [1.29, 1.82) is 0 Å². The molecular weight excluding hydrogens is 170 g/mol. The first-order valence-electron chi connectivity index (χ1n) is 4.39. The van der Waals surface area contributed by atoms with Crippen molar-refractivity contribution >= 4 is 17.7 Å². The summed E-state index contributed by atoms with van der Waals surface area (Å²) in [5.41, 5.74) is 0. The van der Waals surface area contributed by atoms with Gasteiger partial charge in [0.2, 0.25) is 5.91 Å².